The summed E-state index contributed by atoms with van der Waals surface area (Å²) in [6, 6.07) is 12.1. The first-order chi connectivity index (χ1) is 15.4. The van der Waals surface area contributed by atoms with Gasteiger partial charge in [-0.25, -0.2) is 4.98 Å². The normalized spacial score (nSPS) is 15.8. The second-order valence-electron chi connectivity index (χ2n) is 8.10. The molecule has 0 atom stereocenters. The molecule has 1 aromatic carbocycles. The largest absolute Gasteiger partial charge is 0.370 e. The number of para-hydroxylation sites is 1. The number of carbonyl (C=O) groups excluding carboxylic acids is 2. The Hall–Kier alpha value is -2.20. The lowest BCUT2D eigenvalue weighted by atomic mass is 9.85. The smallest absolute Gasteiger partial charge is 0.243 e. The van der Waals surface area contributed by atoms with E-state index < -0.39 is 5.54 Å². The number of thioether (sulfide) groups is 1. The molecule has 6 nitrogen and oxygen atoms in total. The number of thiazole rings is 1. The van der Waals surface area contributed by atoms with E-state index in [1.54, 1.807) is 11.3 Å². The number of carbonyl (C=O) groups is 2. The van der Waals surface area contributed by atoms with Crippen LogP contribution in [0.2, 0.25) is 0 Å². The number of nitrogens with one attached hydrogen (secondary N) is 1. The molecule has 0 unspecified atom stereocenters. The van der Waals surface area contributed by atoms with E-state index in [-0.39, 0.29) is 17.1 Å². The van der Waals surface area contributed by atoms with Crippen LogP contribution in [0.3, 0.4) is 0 Å². The molecule has 0 spiro atoms. The minimum Gasteiger partial charge on any atom is -0.370 e. The van der Waals surface area contributed by atoms with E-state index in [0.29, 0.717) is 31.6 Å². The monoisotopic (exact) mass is 486 g/mol. The van der Waals surface area contributed by atoms with Crippen molar-refractivity contribution in [3.8, 4) is 9.88 Å². The average Bonchev–Trinajstić information content (AvgIpc) is 3.46. The SMILES string of the molecule is CC(C)NC1(C(N)=O)CCN(c2ccccc2SC(=O)c2csc(-c3cccs3)n2)CC1. The first-order valence-electron chi connectivity index (χ1n) is 10.5. The fourth-order valence-electron chi connectivity index (χ4n) is 3.98. The van der Waals surface area contributed by atoms with Crippen molar-refractivity contribution < 1.29 is 9.59 Å². The van der Waals surface area contributed by atoms with Crippen molar-refractivity contribution in [2.24, 2.45) is 5.73 Å². The summed E-state index contributed by atoms with van der Waals surface area (Å²) in [5.74, 6) is -0.297. The van der Waals surface area contributed by atoms with Crippen LogP contribution in [0, 0.1) is 0 Å². The lowest BCUT2D eigenvalue weighted by Gasteiger charge is -2.42. The number of nitrogens with two attached hydrogens (primary N) is 1. The molecule has 3 N–H and O–H groups in total. The third kappa shape index (κ3) is 4.91. The van der Waals surface area contributed by atoms with Gasteiger partial charge in [0.1, 0.15) is 16.2 Å². The van der Waals surface area contributed by atoms with E-state index in [9.17, 15) is 9.59 Å². The molecule has 1 aliphatic rings. The summed E-state index contributed by atoms with van der Waals surface area (Å²) in [5.41, 5.74) is 6.56. The second kappa shape index (κ2) is 9.74. The van der Waals surface area contributed by atoms with Crippen LogP contribution < -0.4 is 16.0 Å². The second-order valence-corrected chi connectivity index (χ2v) is 10.9. The Morgan fingerprint density at radius 2 is 1.91 bits per heavy atom. The highest BCUT2D eigenvalue weighted by Crippen LogP contribution is 2.36. The van der Waals surface area contributed by atoms with Crippen molar-refractivity contribution in [3.05, 3.63) is 52.9 Å². The predicted molar refractivity (Wildman–Crippen MR) is 134 cm³/mol. The van der Waals surface area contributed by atoms with E-state index in [4.69, 9.17) is 5.73 Å². The van der Waals surface area contributed by atoms with Crippen LogP contribution >= 0.6 is 34.4 Å². The number of rotatable bonds is 7. The van der Waals surface area contributed by atoms with Gasteiger partial charge in [-0.1, -0.05) is 18.2 Å². The molecule has 0 radical (unpaired) electrons. The van der Waals surface area contributed by atoms with E-state index in [1.807, 2.05) is 61.0 Å². The zero-order chi connectivity index (χ0) is 22.7. The number of hydrogen-bond donors (Lipinski definition) is 2. The van der Waals surface area contributed by atoms with Crippen molar-refractivity contribution in [2.45, 2.75) is 43.2 Å². The zero-order valence-electron chi connectivity index (χ0n) is 18.0. The maximum Gasteiger partial charge on any atom is 0.243 e. The maximum absolute atomic E-state index is 13.0. The van der Waals surface area contributed by atoms with E-state index in [2.05, 4.69) is 15.2 Å². The van der Waals surface area contributed by atoms with E-state index >= 15 is 0 Å². The molecular weight excluding hydrogens is 460 g/mol. The van der Waals surface area contributed by atoms with Crippen LogP contribution in [-0.2, 0) is 4.79 Å². The molecule has 168 valence electrons. The quantitative estimate of drug-likeness (QED) is 0.474. The number of aromatic nitrogens is 1. The summed E-state index contributed by atoms with van der Waals surface area (Å²) in [6.45, 7) is 5.43. The highest BCUT2D eigenvalue weighted by atomic mass is 32.2. The van der Waals surface area contributed by atoms with Crippen molar-refractivity contribution in [1.29, 1.82) is 0 Å². The third-order valence-electron chi connectivity index (χ3n) is 5.51. The molecular formula is C23H26N4O2S3. The molecule has 0 bridgehead atoms. The highest BCUT2D eigenvalue weighted by molar-refractivity contribution is 8.14. The lowest BCUT2D eigenvalue weighted by Crippen LogP contribution is -2.62. The molecule has 0 saturated carbocycles. The molecule has 3 aromatic rings. The summed E-state index contributed by atoms with van der Waals surface area (Å²) in [7, 11) is 0. The summed E-state index contributed by atoms with van der Waals surface area (Å²) in [4.78, 5) is 33.9. The van der Waals surface area contributed by atoms with Gasteiger partial charge in [0.25, 0.3) is 0 Å². The fraction of sp³-hybridized carbons (Fsp3) is 0.348. The first-order valence-corrected chi connectivity index (χ1v) is 13.1. The standard InChI is InChI=1S/C23H26N4O2S3/c1-15(2)26-23(22(24)29)9-11-27(12-10-23)17-6-3-4-7-18(17)32-21(28)16-14-31-20(25-16)19-8-5-13-30-19/h3-8,13-15,26H,9-12H2,1-2H3,(H2,24,29). The van der Waals surface area contributed by atoms with Crippen molar-refractivity contribution in [2.75, 3.05) is 18.0 Å². The Balaban J connectivity index is 1.48. The zero-order valence-corrected chi connectivity index (χ0v) is 20.5. The van der Waals surface area contributed by atoms with Gasteiger partial charge in [-0.3, -0.25) is 9.59 Å². The molecule has 32 heavy (non-hydrogen) atoms. The van der Waals surface area contributed by atoms with Gasteiger partial charge in [0, 0.05) is 29.4 Å². The molecule has 1 amide bonds. The van der Waals surface area contributed by atoms with Gasteiger partial charge in [0.05, 0.1) is 10.6 Å². The topological polar surface area (TPSA) is 88.3 Å². The highest BCUT2D eigenvalue weighted by Gasteiger charge is 2.40. The lowest BCUT2D eigenvalue weighted by molar-refractivity contribution is -0.125. The van der Waals surface area contributed by atoms with Gasteiger partial charge in [-0.05, 0) is 62.0 Å². The van der Waals surface area contributed by atoms with Crippen LogP contribution in [0.5, 0.6) is 0 Å². The maximum atomic E-state index is 13.0. The number of benzene rings is 1. The Kier molecular flexibility index (Phi) is 6.99. The van der Waals surface area contributed by atoms with Crippen LogP contribution in [0.15, 0.2) is 52.1 Å². The van der Waals surface area contributed by atoms with Crippen LogP contribution in [0.1, 0.15) is 37.2 Å². The van der Waals surface area contributed by atoms with Gasteiger partial charge in [0.15, 0.2) is 0 Å². The molecule has 4 rings (SSSR count). The Labute approximate surface area is 200 Å². The number of primary amides is 1. The van der Waals surface area contributed by atoms with Crippen molar-refractivity contribution in [1.82, 2.24) is 10.3 Å². The molecule has 1 fully saturated rings. The number of piperidine rings is 1. The van der Waals surface area contributed by atoms with Crippen molar-refractivity contribution >= 4 is 51.1 Å². The molecule has 1 saturated heterocycles. The Bertz CT molecular complexity index is 1090. The number of anilines is 1. The Morgan fingerprint density at radius 3 is 2.56 bits per heavy atom. The minimum absolute atomic E-state index is 0.0681. The summed E-state index contributed by atoms with van der Waals surface area (Å²) in [5, 5.41) is 8.01. The predicted octanol–water partition coefficient (Wildman–Crippen LogP) is 4.63. The van der Waals surface area contributed by atoms with Gasteiger partial charge < -0.3 is 16.0 Å². The fourth-order valence-corrected chi connectivity index (χ4v) is 6.53. The van der Waals surface area contributed by atoms with Gasteiger partial charge >= 0.3 is 0 Å². The number of amides is 1. The molecule has 3 heterocycles. The molecule has 9 heteroatoms. The van der Waals surface area contributed by atoms with Crippen LogP contribution in [0.25, 0.3) is 9.88 Å². The number of nitrogens with zero attached hydrogens (tertiary/aromatic N) is 2. The minimum atomic E-state index is -0.679. The third-order valence-corrected chi connectivity index (χ3v) is 8.35. The van der Waals surface area contributed by atoms with E-state index in [1.165, 1.54) is 23.1 Å². The van der Waals surface area contributed by atoms with Crippen LogP contribution in [0.4, 0.5) is 5.69 Å². The number of hydrogen-bond acceptors (Lipinski definition) is 8. The van der Waals surface area contributed by atoms with E-state index in [0.717, 1.165) is 20.5 Å². The molecule has 1 aliphatic heterocycles. The van der Waals surface area contributed by atoms with Gasteiger partial charge in [-0.15, -0.1) is 22.7 Å². The van der Waals surface area contributed by atoms with Gasteiger partial charge in [-0.2, -0.15) is 0 Å². The number of thiophene rings is 1. The molecule has 0 aliphatic carbocycles. The summed E-state index contributed by atoms with van der Waals surface area (Å²) < 4.78 is 0. The molecule has 2 aromatic heterocycles. The van der Waals surface area contributed by atoms with Crippen molar-refractivity contribution in [3.63, 3.8) is 0 Å². The summed E-state index contributed by atoms with van der Waals surface area (Å²) >= 11 is 4.31. The first kappa shape index (κ1) is 23.0. The van der Waals surface area contributed by atoms with Crippen LogP contribution in [-0.4, -0.2) is 40.7 Å². The Morgan fingerprint density at radius 1 is 1.16 bits per heavy atom. The average molecular weight is 487 g/mol. The summed E-state index contributed by atoms with van der Waals surface area (Å²) in [6.07, 6.45) is 1.26. The van der Waals surface area contributed by atoms with Gasteiger partial charge in [0.2, 0.25) is 11.0 Å².